The second-order valence-electron chi connectivity index (χ2n) is 6.51. The van der Waals surface area contributed by atoms with Gasteiger partial charge in [0.1, 0.15) is 0 Å². The molecular formula is C12H28N2O2S. The molecular weight excluding hydrogens is 236 g/mol. The van der Waals surface area contributed by atoms with Crippen LogP contribution in [-0.4, -0.2) is 26.3 Å². The quantitative estimate of drug-likeness (QED) is 0.767. The fourth-order valence-electron chi connectivity index (χ4n) is 1.24. The Balaban J connectivity index is 4.65. The highest BCUT2D eigenvalue weighted by Gasteiger charge is 2.31. The van der Waals surface area contributed by atoms with Gasteiger partial charge in [-0.05, 0) is 24.7 Å². The van der Waals surface area contributed by atoms with Crippen LogP contribution < -0.4 is 10.5 Å². The molecule has 1 unspecified atom stereocenters. The Labute approximate surface area is 106 Å². The van der Waals surface area contributed by atoms with E-state index in [1.165, 1.54) is 0 Å². The van der Waals surface area contributed by atoms with Crippen molar-refractivity contribution in [1.29, 1.82) is 0 Å². The molecule has 0 aromatic heterocycles. The average molecular weight is 264 g/mol. The van der Waals surface area contributed by atoms with Crippen molar-refractivity contribution in [1.82, 2.24) is 4.72 Å². The number of rotatable bonds is 6. The van der Waals surface area contributed by atoms with Crippen LogP contribution in [0.25, 0.3) is 0 Å². The Morgan fingerprint density at radius 1 is 1.18 bits per heavy atom. The lowest BCUT2D eigenvalue weighted by atomic mass is 9.90. The molecule has 0 heterocycles. The van der Waals surface area contributed by atoms with Crippen molar-refractivity contribution in [3.05, 3.63) is 0 Å². The molecule has 0 bridgehead atoms. The van der Waals surface area contributed by atoms with Gasteiger partial charge in [0.15, 0.2) is 0 Å². The Kier molecular flexibility index (Phi) is 5.63. The summed E-state index contributed by atoms with van der Waals surface area (Å²) in [7, 11) is -3.26. The molecule has 0 saturated carbocycles. The molecule has 0 radical (unpaired) electrons. The topological polar surface area (TPSA) is 72.2 Å². The summed E-state index contributed by atoms with van der Waals surface area (Å²) < 4.78 is 26.7. The zero-order valence-electron chi connectivity index (χ0n) is 12.0. The smallest absolute Gasteiger partial charge is 0.212 e. The van der Waals surface area contributed by atoms with Gasteiger partial charge in [-0.2, -0.15) is 0 Å². The summed E-state index contributed by atoms with van der Waals surface area (Å²) in [5, 5.41) is 0. The molecule has 0 aliphatic carbocycles. The maximum atomic E-state index is 12.0. The van der Waals surface area contributed by atoms with Crippen molar-refractivity contribution in [2.24, 2.45) is 17.1 Å². The summed E-state index contributed by atoms with van der Waals surface area (Å²) in [5.41, 5.74) is 5.13. The van der Waals surface area contributed by atoms with Crippen LogP contribution in [0.4, 0.5) is 0 Å². The van der Waals surface area contributed by atoms with Crippen LogP contribution >= 0.6 is 0 Å². The van der Waals surface area contributed by atoms with Gasteiger partial charge in [0, 0.05) is 12.1 Å². The molecule has 0 aliphatic rings. The first-order valence-corrected chi connectivity index (χ1v) is 7.79. The SMILES string of the molecule is CC(C)C(C)(CN)NS(=O)(=O)CCC(C)(C)C. The second-order valence-corrected chi connectivity index (χ2v) is 8.35. The first-order chi connectivity index (χ1) is 7.42. The Bertz CT molecular complexity index is 331. The van der Waals surface area contributed by atoms with Crippen LogP contribution in [-0.2, 0) is 10.0 Å². The van der Waals surface area contributed by atoms with Crippen LogP contribution in [0.5, 0.6) is 0 Å². The molecule has 0 aromatic carbocycles. The lowest BCUT2D eigenvalue weighted by Gasteiger charge is -2.33. The molecule has 4 nitrogen and oxygen atoms in total. The van der Waals surface area contributed by atoms with E-state index in [2.05, 4.69) is 4.72 Å². The monoisotopic (exact) mass is 264 g/mol. The van der Waals surface area contributed by atoms with E-state index in [4.69, 9.17) is 5.73 Å². The van der Waals surface area contributed by atoms with Crippen LogP contribution in [0, 0.1) is 11.3 Å². The molecule has 3 N–H and O–H groups in total. The van der Waals surface area contributed by atoms with Crippen molar-refractivity contribution in [3.8, 4) is 0 Å². The molecule has 0 aliphatic heterocycles. The number of nitrogens with one attached hydrogen (secondary N) is 1. The van der Waals surface area contributed by atoms with E-state index >= 15 is 0 Å². The molecule has 0 saturated heterocycles. The van der Waals surface area contributed by atoms with Gasteiger partial charge in [0.25, 0.3) is 0 Å². The van der Waals surface area contributed by atoms with Crippen LogP contribution in [0.15, 0.2) is 0 Å². The van der Waals surface area contributed by atoms with Crippen LogP contribution in [0.2, 0.25) is 0 Å². The highest BCUT2D eigenvalue weighted by molar-refractivity contribution is 7.89. The van der Waals surface area contributed by atoms with Gasteiger partial charge in [-0.3, -0.25) is 0 Å². The number of hydrogen-bond acceptors (Lipinski definition) is 3. The van der Waals surface area contributed by atoms with Gasteiger partial charge in [0.05, 0.1) is 5.75 Å². The third-order valence-corrected chi connectivity index (χ3v) is 4.73. The van der Waals surface area contributed by atoms with Crippen molar-refractivity contribution in [2.75, 3.05) is 12.3 Å². The fraction of sp³-hybridized carbons (Fsp3) is 1.00. The van der Waals surface area contributed by atoms with E-state index in [9.17, 15) is 8.42 Å². The van der Waals surface area contributed by atoms with E-state index < -0.39 is 15.6 Å². The predicted molar refractivity (Wildman–Crippen MR) is 73.3 cm³/mol. The molecule has 0 fully saturated rings. The molecule has 0 aromatic rings. The van der Waals surface area contributed by atoms with Crippen LogP contribution in [0.3, 0.4) is 0 Å². The van der Waals surface area contributed by atoms with Crippen molar-refractivity contribution in [2.45, 2.75) is 53.5 Å². The Morgan fingerprint density at radius 3 is 1.94 bits per heavy atom. The number of nitrogens with two attached hydrogens (primary N) is 1. The summed E-state index contributed by atoms with van der Waals surface area (Å²) in [4.78, 5) is 0. The van der Waals surface area contributed by atoms with Crippen LogP contribution in [0.1, 0.15) is 48.0 Å². The predicted octanol–water partition coefficient (Wildman–Crippen LogP) is 1.72. The molecule has 17 heavy (non-hydrogen) atoms. The van der Waals surface area contributed by atoms with E-state index in [0.29, 0.717) is 13.0 Å². The van der Waals surface area contributed by atoms with Gasteiger partial charge in [0.2, 0.25) is 10.0 Å². The van der Waals surface area contributed by atoms with Crippen molar-refractivity contribution < 1.29 is 8.42 Å². The van der Waals surface area contributed by atoms with Crippen molar-refractivity contribution in [3.63, 3.8) is 0 Å². The molecule has 5 heteroatoms. The van der Waals surface area contributed by atoms with E-state index in [-0.39, 0.29) is 17.1 Å². The minimum atomic E-state index is -3.26. The number of hydrogen-bond donors (Lipinski definition) is 2. The van der Waals surface area contributed by atoms with Gasteiger partial charge in [-0.15, -0.1) is 0 Å². The number of sulfonamides is 1. The van der Waals surface area contributed by atoms with Crippen molar-refractivity contribution >= 4 is 10.0 Å². The standard InChI is InChI=1S/C12H28N2O2S/c1-10(2)12(6,9-13)14-17(15,16)8-7-11(3,4)5/h10,14H,7-9,13H2,1-6H3. The summed E-state index contributed by atoms with van der Waals surface area (Å²) in [5.74, 6) is 0.315. The molecule has 0 amide bonds. The normalized spacial score (nSPS) is 17.2. The minimum absolute atomic E-state index is 0.0195. The summed E-state index contributed by atoms with van der Waals surface area (Å²) in [6.07, 6.45) is 0.640. The Morgan fingerprint density at radius 2 is 1.65 bits per heavy atom. The summed E-state index contributed by atoms with van der Waals surface area (Å²) >= 11 is 0. The molecule has 104 valence electrons. The molecule has 0 rings (SSSR count). The van der Waals surface area contributed by atoms with Gasteiger partial charge in [-0.25, -0.2) is 13.1 Å². The lowest BCUT2D eigenvalue weighted by molar-refractivity contribution is 0.313. The van der Waals surface area contributed by atoms with Gasteiger partial charge >= 0.3 is 0 Å². The minimum Gasteiger partial charge on any atom is -0.329 e. The van der Waals surface area contributed by atoms with E-state index in [1.807, 2.05) is 41.5 Å². The summed E-state index contributed by atoms with van der Waals surface area (Å²) in [6.45, 7) is 12.2. The highest BCUT2D eigenvalue weighted by Crippen LogP contribution is 2.21. The third-order valence-electron chi connectivity index (χ3n) is 3.21. The first-order valence-electron chi connectivity index (χ1n) is 6.13. The average Bonchev–Trinajstić information content (AvgIpc) is 2.13. The van der Waals surface area contributed by atoms with Gasteiger partial charge in [-0.1, -0.05) is 34.6 Å². The zero-order chi connectivity index (χ0) is 13.9. The Hall–Kier alpha value is -0.130. The highest BCUT2D eigenvalue weighted by atomic mass is 32.2. The van der Waals surface area contributed by atoms with E-state index in [1.54, 1.807) is 0 Å². The molecule has 0 spiro atoms. The largest absolute Gasteiger partial charge is 0.329 e. The maximum absolute atomic E-state index is 12.0. The maximum Gasteiger partial charge on any atom is 0.212 e. The van der Waals surface area contributed by atoms with E-state index in [0.717, 1.165) is 0 Å². The third kappa shape index (κ3) is 6.38. The zero-order valence-corrected chi connectivity index (χ0v) is 12.8. The first kappa shape index (κ1) is 16.9. The summed E-state index contributed by atoms with van der Waals surface area (Å²) in [6, 6.07) is 0. The second kappa shape index (κ2) is 5.67. The van der Waals surface area contributed by atoms with Gasteiger partial charge < -0.3 is 5.73 Å². The lowest BCUT2D eigenvalue weighted by Crippen LogP contribution is -2.55. The fourth-order valence-corrected chi connectivity index (χ4v) is 3.25. The molecule has 1 atom stereocenters.